The van der Waals surface area contributed by atoms with Crippen molar-refractivity contribution in [2.45, 2.75) is 32.6 Å². The average Bonchev–Trinajstić information content (AvgIpc) is 2.61. The molecule has 1 aliphatic heterocycles. The lowest BCUT2D eigenvalue weighted by atomic mass is 10.0. The Labute approximate surface area is 156 Å². The summed E-state index contributed by atoms with van der Waals surface area (Å²) in [7, 11) is -3.64. The van der Waals surface area contributed by atoms with Gasteiger partial charge in [0.15, 0.2) is 0 Å². The van der Waals surface area contributed by atoms with Gasteiger partial charge < -0.3 is 9.64 Å². The van der Waals surface area contributed by atoms with Crippen LogP contribution in [0.3, 0.4) is 0 Å². The highest BCUT2D eigenvalue weighted by Gasteiger charge is 2.22. The zero-order chi connectivity index (χ0) is 18.9. The molecule has 2 aromatic rings. The summed E-state index contributed by atoms with van der Waals surface area (Å²) in [5.41, 5.74) is 5.21. The summed E-state index contributed by atoms with van der Waals surface area (Å²) >= 11 is 0. The van der Waals surface area contributed by atoms with Gasteiger partial charge in [-0.05, 0) is 74.2 Å². The minimum Gasteiger partial charge on any atom is -0.378 e. The summed E-state index contributed by atoms with van der Waals surface area (Å²) in [5, 5.41) is 0. The SMILES string of the molecule is Cc1cc(C)c(C)c(S(=O)(=O)Nc2ccc(N3CCOCC3)cc2)c1C. The molecule has 3 rings (SSSR count). The van der Waals surface area contributed by atoms with E-state index in [4.69, 9.17) is 4.74 Å². The highest BCUT2D eigenvalue weighted by Crippen LogP contribution is 2.28. The van der Waals surface area contributed by atoms with Crippen molar-refractivity contribution < 1.29 is 13.2 Å². The first-order valence-corrected chi connectivity index (χ1v) is 10.3. The number of hydrogen-bond acceptors (Lipinski definition) is 4. The zero-order valence-electron chi connectivity index (χ0n) is 15.8. The molecule has 0 aliphatic carbocycles. The quantitative estimate of drug-likeness (QED) is 0.889. The van der Waals surface area contributed by atoms with Gasteiger partial charge in [-0.1, -0.05) is 6.07 Å². The van der Waals surface area contributed by atoms with Gasteiger partial charge in [0, 0.05) is 24.5 Å². The number of anilines is 2. The third kappa shape index (κ3) is 3.71. The Morgan fingerprint density at radius 2 is 1.46 bits per heavy atom. The molecule has 0 radical (unpaired) electrons. The number of benzene rings is 2. The second kappa shape index (κ2) is 7.29. The van der Waals surface area contributed by atoms with E-state index in [1.165, 1.54) is 0 Å². The van der Waals surface area contributed by atoms with Crippen LogP contribution >= 0.6 is 0 Å². The minimum absolute atomic E-state index is 0.382. The number of rotatable bonds is 4. The van der Waals surface area contributed by atoms with Crippen molar-refractivity contribution in [1.82, 2.24) is 0 Å². The van der Waals surface area contributed by atoms with E-state index in [1.807, 2.05) is 58.0 Å². The second-order valence-corrected chi connectivity index (χ2v) is 8.46. The van der Waals surface area contributed by atoms with Gasteiger partial charge in [0.1, 0.15) is 0 Å². The number of nitrogens with one attached hydrogen (secondary N) is 1. The largest absolute Gasteiger partial charge is 0.378 e. The van der Waals surface area contributed by atoms with Crippen LogP contribution in [0, 0.1) is 27.7 Å². The molecule has 0 atom stereocenters. The van der Waals surface area contributed by atoms with Crippen molar-refractivity contribution in [3.05, 3.63) is 52.6 Å². The van der Waals surface area contributed by atoms with E-state index in [0.717, 1.165) is 54.2 Å². The fourth-order valence-electron chi connectivity index (χ4n) is 3.35. The smallest absolute Gasteiger partial charge is 0.262 e. The molecule has 1 fully saturated rings. The van der Waals surface area contributed by atoms with E-state index in [9.17, 15) is 8.42 Å². The van der Waals surface area contributed by atoms with Gasteiger partial charge >= 0.3 is 0 Å². The molecule has 26 heavy (non-hydrogen) atoms. The summed E-state index contributed by atoms with van der Waals surface area (Å²) in [6.45, 7) is 10.8. The zero-order valence-corrected chi connectivity index (χ0v) is 16.6. The van der Waals surface area contributed by atoms with Crippen molar-refractivity contribution >= 4 is 21.4 Å². The Bertz CT molecular complexity index is 873. The predicted molar refractivity (Wildman–Crippen MR) is 106 cm³/mol. The van der Waals surface area contributed by atoms with Crippen molar-refractivity contribution in [2.75, 3.05) is 35.9 Å². The van der Waals surface area contributed by atoms with E-state index in [2.05, 4.69) is 9.62 Å². The summed E-state index contributed by atoms with van der Waals surface area (Å²) in [4.78, 5) is 2.62. The normalized spacial score (nSPS) is 15.2. The molecular formula is C20H26N2O3S. The van der Waals surface area contributed by atoms with Crippen LogP contribution in [0.1, 0.15) is 22.3 Å². The Kier molecular flexibility index (Phi) is 5.25. The van der Waals surface area contributed by atoms with Crippen LogP contribution in [-0.2, 0) is 14.8 Å². The van der Waals surface area contributed by atoms with Gasteiger partial charge in [0.2, 0.25) is 0 Å². The topological polar surface area (TPSA) is 58.6 Å². The number of sulfonamides is 1. The molecular weight excluding hydrogens is 348 g/mol. The standard InChI is InChI=1S/C20H26N2O3S/c1-14-13-15(2)17(4)20(16(14)3)26(23,24)21-18-5-7-19(8-6-18)22-9-11-25-12-10-22/h5-8,13,21H,9-12H2,1-4H3. The lowest BCUT2D eigenvalue weighted by Crippen LogP contribution is -2.36. The van der Waals surface area contributed by atoms with Crippen LogP contribution in [0.4, 0.5) is 11.4 Å². The summed E-state index contributed by atoms with van der Waals surface area (Å²) in [6.07, 6.45) is 0. The van der Waals surface area contributed by atoms with Gasteiger partial charge in [-0.2, -0.15) is 0 Å². The van der Waals surface area contributed by atoms with E-state index >= 15 is 0 Å². The van der Waals surface area contributed by atoms with Gasteiger partial charge in [-0.15, -0.1) is 0 Å². The molecule has 2 aromatic carbocycles. The molecule has 0 spiro atoms. The maximum atomic E-state index is 13.0. The number of nitrogens with zero attached hydrogens (tertiary/aromatic N) is 1. The number of hydrogen-bond donors (Lipinski definition) is 1. The lowest BCUT2D eigenvalue weighted by molar-refractivity contribution is 0.122. The fraction of sp³-hybridized carbons (Fsp3) is 0.400. The summed E-state index contributed by atoms with van der Waals surface area (Å²) in [6, 6.07) is 9.56. The van der Waals surface area contributed by atoms with Gasteiger partial charge in [0.05, 0.1) is 18.1 Å². The molecule has 0 amide bonds. The Hall–Kier alpha value is -2.05. The second-order valence-electron chi connectivity index (χ2n) is 6.84. The van der Waals surface area contributed by atoms with Gasteiger partial charge in [-0.25, -0.2) is 8.42 Å². The van der Waals surface area contributed by atoms with Crippen molar-refractivity contribution in [1.29, 1.82) is 0 Å². The van der Waals surface area contributed by atoms with Crippen molar-refractivity contribution in [3.8, 4) is 0 Å². The van der Waals surface area contributed by atoms with Crippen LogP contribution in [0.25, 0.3) is 0 Å². The van der Waals surface area contributed by atoms with Gasteiger partial charge in [-0.3, -0.25) is 4.72 Å². The fourth-order valence-corrected chi connectivity index (χ4v) is 5.03. The molecule has 1 heterocycles. The Balaban J connectivity index is 1.86. The van der Waals surface area contributed by atoms with Crippen LogP contribution in [0.15, 0.2) is 35.2 Å². The number of ether oxygens (including phenoxy) is 1. The number of morpholine rings is 1. The predicted octanol–water partition coefficient (Wildman–Crippen LogP) is 3.56. The average molecular weight is 375 g/mol. The molecule has 6 heteroatoms. The Morgan fingerprint density at radius 1 is 0.923 bits per heavy atom. The van der Waals surface area contributed by atoms with Crippen LogP contribution < -0.4 is 9.62 Å². The number of aryl methyl sites for hydroxylation is 2. The van der Waals surface area contributed by atoms with E-state index in [1.54, 1.807) is 0 Å². The molecule has 0 saturated carbocycles. The molecule has 5 nitrogen and oxygen atoms in total. The van der Waals surface area contributed by atoms with Crippen molar-refractivity contribution in [3.63, 3.8) is 0 Å². The molecule has 0 aromatic heterocycles. The molecule has 140 valence electrons. The molecule has 1 saturated heterocycles. The first-order chi connectivity index (χ1) is 12.3. The van der Waals surface area contributed by atoms with Crippen LogP contribution in [0.5, 0.6) is 0 Å². The van der Waals surface area contributed by atoms with Crippen LogP contribution in [-0.4, -0.2) is 34.7 Å². The first-order valence-electron chi connectivity index (χ1n) is 8.82. The van der Waals surface area contributed by atoms with E-state index in [-0.39, 0.29) is 0 Å². The monoisotopic (exact) mass is 374 g/mol. The molecule has 1 N–H and O–H groups in total. The first kappa shape index (κ1) is 18.7. The maximum absolute atomic E-state index is 13.0. The summed E-state index contributed by atoms with van der Waals surface area (Å²) in [5.74, 6) is 0. The lowest BCUT2D eigenvalue weighted by Gasteiger charge is -2.29. The van der Waals surface area contributed by atoms with Gasteiger partial charge in [0.25, 0.3) is 10.0 Å². The molecule has 0 unspecified atom stereocenters. The third-order valence-corrected chi connectivity index (χ3v) is 6.72. The van der Waals surface area contributed by atoms with E-state index < -0.39 is 10.0 Å². The Morgan fingerprint density at radius 3 is 2.00 bits per heavy atom. The third-order valence-electron chi connectivity index (χ3n) is 5.06. The highest BCUT2D eigenvalue weighted by atomic mass is 32.2. The maximum Gasteiger partial charge on any atom is 0.262 e. The van der Waals surface area contributed by atoms with Crippen molar-refractivity contribution in [2.24, 2.45) is 0 Å². The molecule has 1 aliphatic rings. The highest BCUT2D eigenvalue weighted by molar-refractivity contribution is 7.92. The van der Waals surface area contributed by atoms with Crippen LogP contribution in [0.2, 0.25) is 0 Å². The molecule has 0 bridgehead atoms. The van der Waals surface area contributed by atoms with E-state index in [0.29, 0.717) is 10.6 Å². The summed E-state index contributed by atoms with van der Waals surface area (Å²) < 4.78 is 34.1. The minimum atomic E-state index is -3.64.